The third kappa shape index (κ3) is 2.94. The minimum Gasteiger partial charge on any atom is -0.334 e. The molecule has 3 heterocycles. The largest absolute Gasteiger partial charge is 0.334 e. The third-order valence-corrected chi connectivity index (χ3v) is 4.20. The monoisotopic (exact) mass is 370 g/mol. The van der Waals surface area contributed by atoms with Gasteiger partial charge in [-0.1, -0.05) is 35.5 Å². The Hall–Kier alpha value is -4.14. The van der Waals surface area contributed by atoms with Gasteiger partial charge in [0.25, 0.3) is 5.89 Å². The first kappa shape index (κ1) is 16.1. The Morgan fingerprint density at radius 3 is 2.32 bits per heavy atom. The lowest BCUT2D eigenvalue weighted by molar-refractivity contribution is 0.432. The number of hydrogen-bond donors (Lipinski definition) is 2. The summed E-state index contributed by atoms with van der Waals surface area (Å²) in [6.07, 6.45) is 1.47. The zero-order chi connectivity index (χ0) is 18.9. The van der Waals surface area contributed by atoms with Gasteiger partial charge in [-0.05, 0) is 25.1 Å². The Morgan fingerprint density at radius 1 is 0.821 bits per heavy atom. The van der Waals surface area contributed by atoms with Crippen LogP contribution in [0.2, 0.25) is 0 Å². The molecule has 0 aliphatic carbocycles. The van der Waals surface area contributed by atoms with Crippen molar-refractivity contribution >= 4 is 0 Å². The number of aromatic amines is 2. The molecule has 136 valence electrons. The number of nitrogens with zero attached hydrogens (tertiary/aromatic N) is 6. The summed E-state index contributed by atoms with van der Waals surface area (Å²) < 4.78 is 5.48. The van der Waals surface area contributed by atoms with E-state index in [4.69, 9.17) is 4.52 Å². The molecule has 0 bridgehead atoms. The van der Waals surface area contributed by atoms with E-state index in [0.717, 1.165) is 28.1 Å². The molecule has 9 nitrogen and oxygen atoms in total. The molecule has 0 fully saturated rings. The molecule has 28 heavy (non-hydrogen) atoms. The lowest BCUT2D eigenvalue weighted by Crippen LogP contribution is -1.86. The van der Waals surface area contributed by atoms with Crippen LogP contribution in [0.4, 0.5) is 0 Å². The fraction of sp³-hybridized carbons (Fsp3) is 0.0526. The van der Waals surface area contributed by atoms with E-state index in [2.05, 4.69) is 40.5 Å². The minimum absolute atomic E-state index is 0.426. The Labute approximate surface area is 158 Å². The van der Waals surface area contributed by atoms with Crippen molar-refractivity contribution in [2.45, 2.75) is 6.92 Å². The lowest BCUT2D eigenvalue weighted by Gasteiger charge is -1.99. The normalized spacial score (nSPS) is 11.0. The van der Waals surface area contributed by atoms with Gasteiger partial charge in [-0.2, -0.15) is 15.2 Å². The van der Waals surface area contributed by atoms with Gasteiger partial charge in [-0.3, -0.25) is 10.2 Å². The highest BCUT2D eigenvalue weighted by Gasteiger charge is 2.13. The van der Waals surface area contributed by atoms with Gasteiger partial charge in [0.15, 0.2) is 11.6 Å². The van der Waals surface area contributed by atoms with E-state index in [1.807, 2.05) is 55.5 Å². The van der Waals surface area contributed by atoms with Crippen molar-refractivity contribution < 1.29 is 4.52 Å². The molecule has 9 heteroatoms. The quantitative estimate of drug-likeness (QED) is 0.498. The van der Waals surface area contributed by atoms with Gasteiger partial charge in [0.2, 0.25) is 5.82 Å². The molecule has 0 aliphatic heterocycles. The molecule has 0 saturated carbocycles. The predicted molar refractivity (Wildman–Crippen MR) is 101 cm³/mol. The molecule has 0 atom stereocenters. The minimum atomic E-state index is 0.426. The fourth-order valence-corrected chi connectivity index (χ4v) is 2.87. The topological polar surface area (TPSA) is 122 Å². The molecule has 0 unspecified atom stereocenters. The van der Waals surface area contributed by atoms with Crippen molar-refractivity contribution in [1.82, 2.24) is 40.5 Å². The molecule has 0 amide bonds. The van der Waals surface area contributed by atoms with Crippen LogP contribution < -0.4 is 0 Å². The SMILES string of the molecule is Cc1nc(-c2cccc(-c3noc(-c4cccc(-c5ncn[nH]5)c4)n3)c2)n[nH]1. The van der Waals surface area contributed by atoms with Crippen molar-refractivity contribution in [3.63, 3.8) is 0 Å². The van der Waals surface area contributed by atoms with Crippen LogP contribution in [0.3, 0.4) is 0 Å². The van der Waals surface area contributed by atoms with Crippen LogP contribution in [0.1, 0.15) is 5.82 Å². The van der Waals surface area contributed by atoms with Crippen molar-refractivity contribution in [3.05, 3.63) is 60.7 Å². The third-order valence-electron chi connectivity index (χ3n) is 4.20. The van der Waals surface area contributed by atoms with Crippen LogP contribution >= 0.6 is 0 Å². The molecular formula is C19H14N8O. The first-order valence-corrected chi connectivity index (χ1v) is 8.56. The highest BCUT2D eigenvalue weighted by Crippen LogP contribution is 2.27. The molecule has 2 N–H and O–H groups in total. The average molecular weight is 370 g/mol. The van der Waals surface area contributed by atoms with Gasteiger partial charge in [0.05, 0.1) is 0 Å². The number of aryl methyl sites for hydroxylation is 1. The molecule has 0 aliphatic rings. The van der Waals surface area contributed by atoms with E-state index >= 15 is 0 Å². The maximum Gasteiger partial charge on any atom is 0.258 e. The number of hydrogen-bond acceptors (Lipinski definition) is 7. The van der Waals surface area contributed by atoms with Crippen LogP contribution in [0.25, 0.3) is 45.6 Å². The van der Waals surface area contributed by atoms with Gasteiger partial charge in [0.1, 0.15) is 12.2 Å². The summed E-state index contributed by atoms with van der Waals surface area (Å²) in [6, 6.07) is 15.4. The van der Waals surface area contributed by atoms with E-state index in [1.54, 1.807) is 0 Å². The van der Waals surface area contributed by atoms with E-state index in [9.17, 15) is 0 Å². The molecule has 3 aromatic heterocycles. The van der Waals surface area contributed by atoms with Gasteiger partial charge in [0, 0.05) is 22.3 Å². The summed E-state index contributed by atoms with van der Waals surface area (Å²) in [6.45, 7) is 1.86. The van der Waals surface area contributed by atoms with Crippen molar-refractivity contribution in [2.75, 3.05) is 0 Å². The number of H-pyrrole nitrogens is 2. The first-order valence-electron chi connectivity index (χ1n) is 8.56. The summed E-state index contributed by atoms with van der Waals surface area (Å²) in [5, 5.41) is 17.9. The van der Waals surface area contributed by atoms with Gasteiger partial charge >= 0.3 is 0 Å². The molecule has 0 radical (unpaired) electrons. The van der Waals surface area contributed by atoms with Crippen LogP contribution in [0.15, 0.2) is 59.4 Å². The molecule has 0 spiro atoms. The fourth-order valence-electron chi connectivity index (χ4n) is 2.87. The van der Waals surface area contributed by atoms with Gasteiger partial charge in [-0.15, -0.1) is 0 Å². The van der Waals surface area contributed by atoms with Crippen molar-refractivity contribution in [3.8, 4) is 45.6 Å². The maximum absolute atomic E-state index is 5.48. The number of aromatic nitrogens is 8. The number of rotatable bonds is 4. The Balaban J connectivity index is 1.48. The molecular weight excluding hydrogens is 356 g/mol. The van der Waals surface area contributed by atoms with Gasteiger partial charge < -0.3 is 4.52 Å². The maximum atomic E-state index is 5.48. The number of nitrogens with one attached hydrogen (secondary N) is 2. The summed E-state index contributed by atoms with van der Waals surface area (Å²) >= 11 is 0. The summed E-state index contributed by atoms with van der Waals surface area (Å²) in [5.74, 6) is 2.98. The average Bonchev–Trinajstić information content (AvgIpc) is 3.49. The smallest absolute Gasteiger partial charge is 0.258 e. The lowest BCUT2D eigenvalue weighted by atomic mass is 10.1. The summed E-state index contributed by atoms with van der Waals surface area (Å²) in [5.41, 5.74) is 3.38. The molecule has 5 aromatic rings. The predicted octanol–water partition coefficient (Wildman–Crippen LogP) is 3.28. The molecule has 0 saturated heterocycles. The number of benzene rings is 2. The van der Waals surface area contributed by atoms with E-state index in [-0.39, 0.29) is 0 Å². The second-order valence-electron chi connectivity index (χ2n) is 6.16. The van der Waals surface area contributed by atoms with Crippen LogP contribution in [0, 0.1) is 6.92 Å². The van der Waals surface area contributed by atoms with Gasteiger partial charge in [-0.25, -0.2) is 9.97 Å². The highest BCUT2D eigenvalue weighted by atomic mass is 16.5. The molecule has 2 aromatic carbocycles. The molecule has 5 rings (SSSR count). The Morgan fingerprint density at radius 2 is 1.57 bits per heavy atom. The summed E-state index contributed by atoms with van der Waals surface area (Å²) in [4.78, 5) is 13.1. The Bertz CT molecular complexity index is 1240. The zero-order valence-electron chi connectivity index (χ0n) is 14.8. The van der Waals surface area contributed by atoms with E-state index in [0.29, 0.717) is 23.4 Å². The second-order valence-corrected chi connectivity index (χ2v) is 6.16. The van der Waals surface area contributed by atoms with E-state index < -0.39 is 0 Å². The van der Waals surface area contributed by atoms with Crippen LogP contribution in [-0.4, -0.2) is 40.5 Å². The highest BCUT2D eigenvalue weighted by molar-refractivity contribution is 5.68. The van der Waals surface area contributed by atoms with Crippen molar-refractivity contribution in [1.29, 1.82) is 0 Å². The zero-order valence-corrected chi connectivity index (χ0v) is 14.8. The first-order chi connectivity index (χ1) is 13.8. The van der Waals surface area contributed by atoms with Crippen LogP contribution in [0.5, 0.6) is 0 Å². The summed E-state index contributed by atoms with van der Waals surface area (Å²) in [7, 11) is 0. The van der Waals surface area contributed by atoms with Crippen molar-refractivity contribution in [2.24, 2.45) is 0 Å². The van der Waals surface area contributed by atoms with Crippen LogP contribution in [-0.2, 0) is 0 Å². The Kier molecular flexibility index (Phi) is 3.75. The van der Waals surface area contributed by atoms with E-state index in [1.165, 1.54) is 6.33 Å². The second kappa shape index (κ2) is 6.54. The standard InChI is InChI=1S/C19H14N8O/c1-11-22-17(26-24-11)13-5-2-6-14(8-13)18-23-19(28-27-18)15-7-3-4-12(9-15)16-20-10-21-25-16/h2-10H,1H3,(H,20,21,25)(H,22,24,26).